The maximum Gasteiger partial charge on any atom is 0.105 e. The number of aliphatic hydroxyl groups is 1. The van der Waals surface area contributed by atoms with Crippen LogP contribution in [0.1, 0.15) is 25.1 Å². The summed E-state index contributed by atoms with van der Waals surface area (Å²) >= 11 is 0. The molecule has 2 rings (SSSR count). The standard InChI is InChI=1S/C12H21N3O/c1-10-14-6-8-15(10)7-5-13-9-11-3-2-4-12(11)16/h6,8,11-13,16H,2-5,7,9H2,1H3. The van der Waals surface area contributed by atoms with Crippen molar-refractivity contribution in [3.63, 3.8) is 0 Å². The van der Waals surface area contributed by atoms with Crippen molar-refractivity contribution in [3.05, 3.63) is 18.2 Å². The van der Waals surface area contributed by atoms with Crippen LogP contribution in [0.5, 0.6) is 0 Å². The largest absolute Gasteiger partial charge is 0.393 e. The minimum absolute atomic E-state index is 0.0810. The predicted octanol–water partition coefficient (Wildman–Crippen LogP) is 0.942. The molecule has 1 aliphatic rings. The zero-order valence-electron chi connectivity index (χ0n) is 9.89. The van der Waals surface area contributed by atoms with Crippen LogP contribution in [0.15, 0.2) is 12.4 Å². The van der Waals surface area contributed by atoms with Crippen LogP contribution in [0.25, 0.3) is 0 Å². The van der Waals surface area contributed by atoms with Crippen LogP contribution < -0.4 is 5.32 Å². The second-order valence-corrected chi connectivity index (χ2v) is 4.63. The minimum Gasteiger partial charge on any atom is -0.393 e. The van der Waals surface area contributed by atoms with Crippen LogP contribution in [0.2, 0.25) is 0 Å². The smallest absolute Gasteiger partial charge is 0.105 e. The molecule has 16 heavy (non-hydrogen) atoms. The molecule has 0 bridgehead atoms. The number of nitrogens with one attached hydrogen (secondary N) is 1. The molecule has 1 aliphatic carbocycles. The average molecular weight is 223 g/mol. The lowest BCUT2D eigenvalue weighted by Gasteiger charge is -2.15. The molecule has 2 unspecified atom stereocenters. The molecule has 0 saturated heterocycles. The van der Waals surface area contributed by atoms with E-state index in [9.17, 15) is 5.11 Å². The van der Waals surface area contributed by atoms with Gasteiger partial charge in [0.15, 0.2) is 0 Å². The first kappa shape index (κ1) is 11.6. The summed E-state index contributed by atoms with van der Waals surface area (Å²) in [5.41, 5.74) is 0. The van der Waals surface area contributed by atoms with Crippen molar-refractivity contribution in [2.45, 2.75) is 38.8 Å². The molecule has 1 aromatic rings. The van der Waals surface area contributed by atoms with Crippen LogP contribution in [-0.4, -0.2) is 33.9 Å². The number of hydrogen-bond acceptors (Lipinski definition) is 3. The molecule has 1 fully saturated rings. The molecular weight excluding hydrogens is 202 g/mol. The highest BCUT2D eigenvalue weighted by Crippen LogP contribution is 2.24. The summed E-state index contributed by atoms with van der Waals surface area (Å²) < 4.78 is 2.14. The number of aromatic nitrogens is 2. The van der Waals surface area contributed by atoms with Crippen LogP contribution in [0.4, 0.5) is 0 Å². The summed E-state index contributed by atoms with van der Waals surface area (Å²) in [7, 11) is 0. The zero-order chi connectivity index (χ0) is 11.4. The molecule has 0 radical (unpaired) electrons. The van der Waals surface area contributed by atoms with Crippen molar-refractivity contribution in [2.75, 3.05) is 13.1 Å². The summed E-state index contributed by atoms with van der Waals surface area (Å²) in [6.45, 7) is 4.85. The van der Waals surface area contributed by atoms with Gasteiger partial charge in [0.2, 0.25) is 0 Å². The highest BCUT2D eigenvalue weighted by atomic mass is 16.3. The first-order chi connectivity index (χ1) is 7.77. The van der Waals surface area contributed by atoms with E-state index in [-0.39, 0.29) is 6.10 Å². The molecule has 0 aliphatic heterocycles. The second-order valence-electron chi connectivity index (χ2n) is 4.63. The van der Waals surface area contributed by atoms with Gasteiger partial charge in [-0.25, -0.2) is 4.98 Å². The van der Waals surface area contributed by atoms with Crippen molar-refractivity contribution in [2.24, 2.45) is 5.92 Å². The van der Waals surface area contributed by atoms with Crippen LogP contribution in [0.3, 0.4) is 0 Å². The number of rotatable bonds is 5. The van der Waals surface area contributed by atoms with Crippen molar-refractivity contribution in [1.29, 1.82) is 0 Å². The lowest BCUT2D eigenvalue weighted by Crippen LogP contribution is -2.30. The SMILES string of the molecule is Cc1nccn1CCNCC1CCCC1O. The molecule has 1 aromatic heterocycles. The quantitative estimate of drug-likeness (QED) is 0.730. The van der Waals surface area contributed by atoms with E-state index in [2.05, 4.69) is 14.9 Å². The summed E-state index contributed by atoms with van der Waals surface area (Å²) in [5, 5.41) is 13.1. The lowest BCUT2D eigenvalue weighted by molar-refractivity contribution is 0.131. The van der Waals surface area contributed by atoms with Gasteiger partial charge in [-0.1, -0.05) is 6.42 Å². The van der Waals surface area contributed by atoms with Crippen LogP contribution in [0, 0.1) is 12.8 Å². The van der Waals surface area contributed by atoms with Gasteiger partial charge in [0, 0.05) is 32.0 Å². The Morgan fingerprint density at radius 1 is 1.56 bits per heavy atom. The van der Waals surface area contributed by atoms with E-state index >= 15 is 0 Å². The number of hydrogen-bond donors (Lipinski definition) is 2. The zero-order valence-corrected chi connectivity index (χ0v) is 9.89. The summed E-state index contributed by atoms with van der Waals surface area (Å²) in [5.74, 6) is 1.52. The van der Waals surface area contributed by atoms with Crippen molar-refractivity contribution >= 4 is 0 Å². The Morgan fingerprint density at radius 2 is 2.44 bits per heavy atom. The number of aliphatic hydroxyl groups excluding tert-OH is 1. The van der Waals surface area contributed by atoms with E-state index in [4.69, 9.17) is 0 Å². The number of aryl methyl sites for hydroxylation is 1. The number of imidazole rings is 1. The van der Waals surface area contributed by atoms with Crippen molar-refractivity contribution < 1.29 is 5.11 Å². The highest BCUT2D eigenvalue weighted by molar-refractivity contribution is 4.88. The normalized spacial score (nSPS) is 25.1. The fourth-order valence-corrected chi connectivity index (χ4v) is 2.38. The minimum atomic E-state index is -0.0810. The Balaban J connectivity index is 1.63. The van der Waals surface area contributed by atoms with Gasteiger partial charge in [0.25, 0.3) is 0 Å². The third kappa shape index (κ3) is 2.83. The van der Waals surface area contributed by atoms with Gasteiger partial charge in [0.1, 0.15) is 5.82 Å². The van der Waals surface area contributed by atoms with E-state index in [0.29, 0.717) is 5.92 Å². The second kappa shape index (κ2) is 5.46. The van der Waals surface area contributed by atoms with Crippen LogP contribution >= 0.6 is 0 Å². The third-order valence-electron chi connectivity index (χ3n) is 3.48. The molecule has 0 amide bonds. The molecule has 4 nitrogen and oxygen atoms in total. The van der Waals surface area contributed by atoms with Gasteiger partial charge >= 0.3 is 0 Å². The van der Waals surface area contributed by atoms with E-state index in [0.717, 1.165) is 38.3 Å². The Morgan fingerprint density at radius 3 is 3.06 bits per heavy atom. The first-order valence-corrected chi connectivity index (χ1v) is 6.14. The molecule has 1 heterocycles. The predicted molar refractivity (Wildman–Crippen MR) is 63.2 cm³/mol. The van der Waals surface area contributed by atoms with Crippen LogP contribution in [-0.2, 0) is 6.54 Å². The Bertz CT molecular complexity index is 324. The molecule has 1 saturated carbocycles. The maximum atomic E-state index is 9.66. The first-order valence-electron chi connectivity index (χ1n) is 6.14. The van der Waals surface area contributed by atoms with E-state index in [1.165, 1.54) is 6.42 Å². The molecule has 2 atom stereocenters. The average Bonchev–Trinajstić information content (AvgIpc) is 2.84. The topological polar surface area (TPSA) is 50.1 Å². The van der Waals surface area contributed by atoms with Gasteiger partial charge in [-0.05, 0) is 25.7 Å². The van der Waals surface area contributed by atoms with Gasteiger partial charge in [-0.3, -0.25) is 0 Å². The summed E-state index contributed by atoms with van der Waals surface area (Å²) in [6.07, 6.45) is 7.07. The fraction of sp³-hybridized carbons (Fsp3) is 0.750. The van der Waals surface area contributed by atoms with Gasteiger partial charge in [-0.15, -0.1) is 0 Å². The molecule has 4 heteroatoms. The van der Waals surface area contributed by atoms with Crippen molar-refractivity contribution in [1.82, 2.24) is 14.9 Å². The van der Waals surface area contributed by atoms with E-state index in [1.807, 2.05) is 19.3 Å². The van der Waals surface area contributed by atoms with Crippen molar-refractivity contribution in [3.8, 4) is 0 Å². The Labute approximate surface area is 96.7 Å². The molecule has 0 aromatic carbocycles. The van der Waals surface area contributed by atoms with E-state index < -0.39 is 0 Å². The fourth-order valence-electron chi connectivity index (χ4n) is 2.38. The van der Waals surface area contributed by atoms with E-state index in [1.54, 1.807) is 0 Å². The molecule has 0 spiro atoms. The van der Waals surface area contributed by atoms with Gasteiger partial charge in [-0.2, -0.15) is 0 Å². The third-order valence-corrected chi connectivity index (χ3v) is 3.48. The molecule has 90 valence electrons. The number of nitrogens with zero attached hydrogens (tertiary/aromatic N) is 2. The summed E-state index contributed by atoms with van der Waals surface area (Å²) in [4.78, 5) is 4.18. The highest BCUT2D eigenvalue weighted by Gasteiger charge is 2.24. The maximum absolute atomic E-state index is 9.66. The Hall–Kier alpha value is -0.870. The molecular formula is C12H21N3O. The van der Waals surface area contributed by atoms with Gasteiger partial charge in [0.05, 0.1) is 6.10 Å². The molecule has 2 N–H and O–H groups in total. The van der Waals surface area contributed by atoms with Gasteiger partial charge < -0.3 is 15.0 Å². The Kier molecular flexibility index (Phi) is 3.96. The summed E-state index contributed by atoms with van der Waals surface area (Å²) in [6, 6.07) is 0. The lowest BCUT2D eigenvalue weighted by atomic mass is 10.1. The monoisotopic (exact) mass is 223 g/mol.